The third-order valence-corrected chi connectivity index (χ3v) is 1.49. The molecule has 0 saturated carbocycles. The second-order valence-electron chi connectivity index (χ2n) is 2.87. The number of rotatable bonds is 7. The van der Waals surface area contributed by atoms with E-state index in [1.54, 1.807) is 0 Å². The lowest BCUT2D eigenvalue weighted by Gasteiger charge is -2.07. The normalized spacial score (nSPS) is 12.0. The zero-order chi connectivity index (χ0) is 10.2. The molecule has 0 heterocycles. The summed E-state index contributed by atoms with van der Waals surface area (Å²) in [5, 5.41) is 5.81. The average molecular weight is 198 g/mol. The molecule has 0 aromatic carbocycles. The maximum absolute atomic E-state index is 11.6. The summed E-state index contributed by atoms with van der Waals surface area (Å²) >= 11 is 0. The first-order valence-electron chi connectivity index (χ1n) is 4.54. The molecular weight excluding hydrogens is 181 g/mol. The minimum absolute atomic E-state index is 0.0112. The molecule has 2 nitrogen and oxygen atoms in total. The van der Waals surface area contributed by atoms with Crippen LogP contribution in [0.25, 0.3) is 0 Å². The molecule has 0 saturated heterocycles. The third kappa shape index (κ3) is 11.7. The Morgan fingerprint density at radius 2 is 1.46 bits per heavy atom. The fourth-order valence-electron chi connectivity index (χ4n) is 0.834. The minimum atomic E-state index is -4.04. The van der Waals surface area contributed by atoms with Gasteiger partial charge in [-0.3, -0.25) is 0 Å². The molecular formula is C8H17F3N2. The first-order chi connectivity index (χ1) is 6.06. The second kappa shape index (κ2) is 7.15. The van der Waals surface area contributed by atoms with Crippen molar-refractivity contribution in [2.75, 3.05) is 26.2 Å². The van der Waals surface area contributed by atoms with Crippen LogP contribution in [-0.4, -0.2) is 32.4 Å². The topological polar surface area (TPSA) is 24.1 Å². The van der Waals surface area contributed by atoms with E-state index in [9.17, 15) is 13.2 Å². The van der Waals surface area contributed by atoms with E-state index in [1.807, 2.05) is 6.92 Å². The van der Waals surface area contributed by atoms with Gasteiger partial charge < -0.3 is 10.6 Å². The van der Waals surface area contributed by atoms with Gasteiger partial charge in [-0.1, -0.05) is 6.92 Å². The Balaban J connectivity index is 3.00. The van der Waals surface area contributed by atoms with Crippen LogP contribution >= 0.6 is 0 Å². The fourth-order valence-corrected chi connectivity index (χ4v) is 0.834. The van der Waals surface area contributed by atoms with E-state index < -0.39 is 12.6 Å². The highest BCUT2D eigenvalue weighted by molar-refractivity contribution is 4.56. The van der Waals surface area contributed by atoms with Crippen molar-refractivity contribution in [1.29, 1.82) is 0 Å². The van der Waals surface area contributed by atoms with Gasteiger partial charge in [0.05, 0.1) is 6.42 Å². The van der Waals surface area contributed by atoms with Crippen molar-refractivity contribution in [2.45, 2.75) is 25.9 Å². The Bertz CT molecular complexity index is 114. The molecule has 0 aromatic heterocycles. The fraction of sp³-hybridized carbons (Fsp3) is 1.00. The molecule has 80 valence electrons. The Labute approximate surface area is 76.9 Å². The van der Waals surface area contributed by atoms with Gasteiger partial charge in [-0.05, 0) is 13.0 Å². The lowest BCUT2D eigenvalue weighted by molar-refractivity contribution is -0.133. The van der Waals surface area contributed by atoms with Crippen LogP contribution in [0.4, 0.5) is 13.2 Å². The van der Waals surface area contributed by atoms with Crippen LogP contribution < -0.4 is 10.6 Å². The lowest BCUT2D eigenvalue weighted by Crippen LogP contribution is -2.30. The molecule has 0 rings (SSSR count). The standard InChI is InChI=1S/C8H17F3N2/c1-2-4-12-6-7-13-5-3-8(9,10)11/h12-13H,2-7H2,1H3. The van der Waals surface area contributed by atoms with Gasteiger partial charge in [-0.25, -0.2) is 0 Å². The van der Waals surface area contributed by atoms with Crippen molar-refractivity contribution in [2.24, 2.45) is 0 Å². The van der Waals surface area contributed by atoms with Crippen LogP contribution in [0.3, 0.4) is 0 Å². The Hall–Kier alpha value is -0.290. The van der Waals surface area contributed by atoms with E-state index in [0.717, 1.165) is 19.5 Å². The number of hydrogen-bond acceptors (Lipinski definition) is 2. The summed E-state index contributed by atoms with van der Waals surface area (Å²) in [4.78, 5) is 0. The third-order valence-electron chi connectivity index (χ3n) is 1.49. The van der Waals surface area contributed by atoms with Gasteiger partial charge in [0.25, 0.3) is 0 Å². The van der Waals surface area contributed by atoms with Gasteiger partial charge in [-0.2, -0.15) is 13.2 Å². The molecule has 0 aliphatic heterocycles. The van der Waals surface area contributed by atoms with Crippen LogP contribution in [0.15, 0.2) is 0 Å². The first kappa shape index (κ1) is 12.7. The summed E-state index contributed by atoms with van der Waals surface area (Å²) in [6.07, 6.45) is -3.74. The molecule has 0 atom stereocenters. The number of nitrogens with one attached hydrogen (secondary N) is 2. The first-order valence-corrected chi connectivity index (χ1v) is 4.54. The van der Waals surface area contributed by atoms with Crippen molar-refractivity contribution < 1.29 is 13.2 Å². The largest absolute Gasteiger partial charge is 0.390 e. The number of hydrogen-bond donors (Lipinski definition) is 2. The van der Waals surface area contributed by atoms with E-state index >= 15 is 0 Å². The predicted molar refractivity (Wildman–Crippen MR) is 46.7 cm³/mol. The average Bonchev–Trinajstić information content (AvgIpc) is 2.01. The molecule has 0 radical (unpaired) electrons. The number of halogens is 3. The van der Waals surface area contributed by atoms with Crippen molar-refractivity contribution in [1.82, 2.24) is 10.6 Å². The van der Waals surface area contributed by atoms with E-state index in [2.05, 4.69) is 10.6 Å². The molecule has 0 aliphatic carbocycles. The highest BCUT2D eigenvalue weighted by Gasteiger charge is 2.25. The van der Waals surface area contributed by atoms with Crippen LogP contribution in [0.5, 0.6) is 0 Å². The van der Waals surface area contributed by atoms with Gasteiger partial charge in [0, 0.05) is 19.6 Å². The predicted octanol–water partition coefficient (Wildman–Crippen LogP) is 1.53. The highest BCUT2D eigenvalue weighted by Crippen LogP contribution is 2.17. The smallest absolute Gasteiger partial charge is 0.315 e. The Morgan fingerprint density at radius 1 is 0.923 bits per heavy atom. The van der Waals surface area contributed by atoms with Crippen LogP contribution in [-0.2, 0) is 0 Å². The van der Waals surface area contributed by atoms with Crippen LogP contribution in [0.2, 0.25) is 0 Å². The Kier molecular flexibility index (Phi) is 6.99. The molecule has 0 fully saturated rings. The zero-order valence-corrected chi connectivity index (χ0v) is 7.88. The minimum Gasteiger partial charge on any atom is -0.315 e. The maximum Gasteiger partial charge on any atom is 0.390 e. The van der Waals surface area contributed by atoms with Gasteiger partial charge >= 0.3 is 6.18 Å². The monoisotopic (exact) mass is 198 g/mol. The van der Waals surface area contributed by atoms with Crippen LogP contribution in [0, 0.1) is 0 Å². The van der Waals surface area contributed by atoms with Crippen LogP contribution in [0.1, 0.15) is 19.8 Å². The molecule has 0 aromatic rings. The summed E-state index contributed by atoms with van der Waals surface area (Å²) in [7, 11) is 0. The Morgan fingerprint density at radius 3 is 1.92 bits per heavy atom. The summed E-state index contributed by atoms with van der Waals surface area (Å²) in [6, 6.07) is 0. The van der Waals surface area contributed by atoms with E-state index in [0.29, 0.717) is 6.54 Å². The maximum atomic E-state index is 11.6. The highest BCUT2D eigenvalue weighted by atomic mass is 19.4. The van der Waals surface area contributed by atoms with E-state index in [-0.39, 0.29) is 6.54 Å². The van der Waals surface area contributed by atoms with E-state index in [4.69, 9.17) is 0 Å². The molecule has 0 bridgehead atoms. The molecule has 2 N–H and O–H groups in total. The second-order valence-corrected chi connectivity index (χ2v) is 2.87. The molecule has 0 aliphatic rings. The zero-order valence-electron chi connectivity index (χ0n) is 7.88. The molecule has 0 unspecified atom stereocenters. The van der Waals surface area contributed by atoms with Gasteiger partial charge in [-0.15, -0.1) is 0 Å². The molecule has 0 spiro atoms. The van der Waals surface area contributed by atoms with Crippen molar-refractivity contribution in [3.8, 4) is 0 Å². The summed E-state index contributed by atoms with van der Waals surface area (Å²) in [6.45, 7) is 4.30. The molecule has 13 heavy (non-hydrogen) atoms. The SMILES string of the molecule is CCCNCCNCCC(F)(F)F. The van der Waals surface area contributed by atoms with Gasteiger partial charge in [0.15, 0.2) is 0 Å². The lowest BCUT2D eigenvalue weighted by atomic mass is 10.4. The summed E-state index contributed by atoms with van der Waals surface area (Å²) in [5.41, 5.74) is 0. The number of alkyl halides is 3. The molecule has 5 heteroatoms. The molecule has 0 amide bonds. The van der Waals surface area contributed by atoms with Gasteiger partial charge in [0.2, 0.25) is 0 Å². The summed E-state index contributed by atoms with van der Waals surface area (Å²) in [5.74, 6) is 0. The van der Waals surface area contributed by atoms with E-state index in [1.165, 1.54) is 0 Å². The van der Waals surface area contributed by atoms with Crippen molar-refractivity contribution >= 4 is 0 Å². The van der Waals surface area contributed by atoms with Crippen molar-refractivity contribution in [3.63, 3.8) is 0 Å². The van der Waals surface area contributed by atoms with Crippen molar-refractivity contribution in [3.05, 3.63) is 0 Å². The summed E-state index contributed by atoms with van der Waals surface area (Å²) < 4.78 is 34.9. The quantitative estimate of drug-likeness (QED) is 0.606. The van der Waals surface area contributed by atoms with Gasteiger partial charge in [0.1, 0.15) is 0 Å².